The number of fused-ring (bicyclic) bond motifs is 1. The van der Waals surface area contributed by atoms with Gasteiger partial charge in [-0.25, -0.2) is 0 Å². The topological polar surface area (TPSA) is 33.2 Å². The van der Waals surface area contributed by atoms with Gasteiger partial charge in [-0.05, 0) is 47.9 Å². The van der Waals surface area contributed by atoms with Crippen LogP contribution in [0.1, 0.15) is 30.4 Å². The number of pyridine rings is 1. The lowest BCUT2D eigenvalue weighted by molar-refractivity contribution is -0.120. The molecule has 22 heavy (non-hydrogen) atoms. The highest BCUT2D eigenvalue weighted by atomic mass is 16.2. The Hall–Kier alpha value is -2.16. The first-order valence-corrected chi connectivity index (χ1v) is 8.03. The van der Waals surface area contributed by atoms with Crippen molar-refractivity contribution >= 4 is 11.6 Å². The first-order valence-electron chi connectivity index (χ1n) is 8.03. The van der Waals surface area contributed by atoms with Gasteiger partial charge in [0.05, 0.1) is 0 Å². The van der Waals surface area contributed by atoms with Crippen LogP contribution in [0.15, 0.2) is 48.8 Å². The van der Waals surface area contributed by atoms with Crippen molar-refractivity contribution in [1.29, 1.82) is 0 Å². The Morgan fingerprint density at radius 1 is 1.23 bits per heavy atom. The van der Waals surface area contributed by atoms with Crippen LogP contribution in [0.3, 0.4) is 0 Å². The van der Waals surface area contributed by atoms with E-state index < -0.39 is 0 Å². The van der Waals surface area contributed by atoms with Gasteiger partial charge < -0.3 is 4.90 Å². The average Bonchev–Trinajstić information content (AvgIpc) is 3.35. The minimum absolute atomic E-state index is 0.127. The molecule has 2 heterocycles. The molecule has 1 aliphatic carbocycles. The minimum atomic E-state index is 0.127. The second kappa shape index (κ2) is 5.24. The largest absolute Gasteiger partial charge is 0.312 e. The van der Waals surface area contributed by atoms with Gasteiger partial charge in [0.15, 0.2) is 0 Å². The molecule has 1 fully saturated rings. The molecule has 3 atom stereocenters. The van der Waals surface area contributed by atoms with E-state index in [1.165, 1.54) is 11.1 Å². The molecule has 1 aliphatic heterocycles. The molecule has 3 nitrogen and oxygen atoms in total. The van der Waals surface area contributed by atoms with Gasteiger partial charge in [-0.2, -0.15) is 0 Å². The van der Waals surface area contributed by atoms with E-state index in [-0.39, 0.29) is 11.8 Å². The molecule has 0 unspecified atom stereocenters. The summed E-state index contributed by atoms with van der Waals surface area (Å²) in [5.41, 5.74) is 3.61. The van der Waals surface area contributed by atoms with E-state index in [9.17, 15) is 4.79 Å². The molecule has 0 saturated heterocycles. The van der Waals surface area contributed by atoms with Crippen LogP contribution in [0, 0.1) is 11.8 Å². The van der Waals surface area contributed by atoms with Crippen molar-refractivity contribution in [2.24, 2.45) is 11.8 Å². The SMILES string of the molecule is C[C@@H]1Cc2ccccc2N(C(=O)[C@H]2C[C@@H]2c2cccnc2)C1. The van der Waals surface area contributed by atoms with Crippen molar-refractivity contribution in [1.82, 2.24) is 4.98 Å². The molecule has 1 aromatic carbocycles. The van der Waals surface area contributed by atoms with E-state index in [0.717, 1.165) is 25.1 Å². The predicted molar refractivity (Wildman–Crippen MR) is 86.7 cm³/mol. The fraction of sp³-hybridized carbons (Fsp3) is 0.368. The lowest BCUT2D eigenvalue weighted by Gasteiger charge is -2.33. The Balaban J connectivity index is 1.57. The summed E-state index contributed by atoms with van der Waals surface area (Å²) < 4.78 is 0. The third-order valence-electron chi connectivity index (χ3n) is 4.83. The van der Waals surface area contributed by atoms with Crippen molar-refractivity contribution < 1.29 is 4.79 Å². The third kappa shape index (κ3) is 2.31. The van der Waals surface area contributed by atoms with Gasteiger partial charge in [-0.1, -0.05) is 31.2 Å². The maximum atomic E-state index is 13.0. The fourth-order valence-corrected chi connectivity index (χ4v) is 3.64. The van der Waals surface area contributed by atoms with Crippen molar-refractivity contribution in [3.63, 3.8) is 0 Å². The maximum absolute atomic E-state index is 13.0. The molecule has 2 aromatic rings. The summed E-state index contributed by atoms with van der Waals surface area (Å²) in [7, 11) is 0. The summed E-state index contributed by atoms with van der Waals surface area (Å²) >= 11 is 0. The smallest absolute Gasteiger partial charge is 0.230 e. The van der Waals surface area contributed by atoms with E-state index in [0.29, 0.717) is 11.8 Å². The third-order valence-corrected chi connectivity index (χ3v) is 4.83. The van der Waals surface area contributed by atoms with Crippen molar-refractivity contribution in [2.45, 2.75) is 25.7 Å². The summed E-state index contributed by atoms with van der Waals surface area (Å²) in [6.07, 6.45) is 5.70. The van der Waals surface area contributed by atoms with Crippen LogP contribution >= 0.6 is 0 Å². The van der Waals surface area contributed by atoms with Gasteiger partial charge in [-0.3, -0.25) is 9.78 Å². The Morgan fingerprint density at radius 3 is 2.91 bits per heavy atom. The highest BCUT2D eigenvalue weighted by Gasteiger charge is 2.47. The van der Waals surface area contributed by atoms with Crippen LogP contribution in [0.5, 0.6) is 0 Å². The van der Waals surface area contributed by atoms with E-state index in [1.54, 1.807) is 6.20 Å². The standard InChI is InChI=1S/C19H20N2O/c1-13-9-14-5-2-3-7-18(14)21(12-13)19(22)17-10-16(17)15-6-4-8-20-11-15/h2-8,11,13,16-17H,9-10,12H2,1H3/t13-,16-,17+/m1/s1. The summed E-state index contributed by atoms with van der Waals surface area (Å²) in [6.45, 7) is 3.06. The number of para-hydroxylation sites is 1. The molecule has 0 radical (unpaired) electrons. The number of carbonyl (C=O) groups excluding carboxylic acids is 1. The fourth-order valence-electron chi connectivity index (χ4n) is 3.64. The number of nitrogens with zero attached hydrogens (tertiary/aromatic N) is 2. The lowest BCUT2D eigenvalue weighted by Crippen LogP contribution is -2.40. The molecule has 4 rings (SSSR count). The van der Waals surface area contributed by atoms with Crippen LogP contribution < -0.4 is 4.90 Å². The lowest BCUT2D eigenvalue weighted by atomic mass is 9.93. The first-order chi connectivity index (χ1) is 10.7. The van der Waals surface area contributed by atoms with Gasteiger partial charge in [0, 0.05) is 30.5 Å². The van der Waals surface area contributed by atoms with Crippen LogP contribution in [0.25, 0.3) is 0 Å². The van der Waals surface area contributed by atoms with E-state index in [1.807, 2.05) is 23.2 Å². The molecule has 1 saturated carbocycles. The highest BCUT2D eigenvalue weighted by molar-refractivity contribution is 5.98. The van der Waals surface area contributed by atoms with Gasteiger partial charge in [0.2, 0.25) is 5.91 Å². The number of aromatic nitrogens is 1. The normalized spacial score (nSPS) is 26.4. The molecule has 3 heteroatoms. The molecule has 0 N–H and O–H groups in total. The second-order valence-corrected chi connectivity index (χ2v) is 6.62. The number of anilines is 1. The summed E-state index contributed by atoms with van der Waals surface area (Å²) in [4.78, 5) is 19.2. The molecular formula is C19H20N2O. The van der Waals surface area contributed by atoms with E-state index in [4.69, 9.17) is 0 Å². The minimum Gasteiger partial charge on any atom is -0.312 e. The monoisotopic (exact) mass is 292 g/mol. The highest BCUT2D eigenvalue weighted by Crippen LogP contribution is 2.49. The van der Waals surface area contributed by atoms with Crippen LogP contribution in [0.2, 0.25) is 0 Å². The quantitative estimate of drug-likeness (QED) is 0.850. The number of hydrogen-bond donors (Lipinski definition) is 0. The predicted octanol–water partition coefficient (Wildman–Crippen LogP) is 3.41. The molecule has 0 bridgehead atoms. The Bertz CT molecular complexity index is 698. The van der Waals surface area contributed by atoms with Gasteiger partial charge in [-0.15, -0.1) is 0 Å². The molecule has 1 aromatic heterocycles. The maximum Gasteiger partial charge on any atom is 0.230 e. The Morgan fingerprint density at radius 2 is 2.09 bits per heavy atom. The van der Waals surface area contributed by atoms with E-state index in [2.05, 4.69) is 36.2 Å². The van der Waals surface area contributed by atoms with Gasteiger partial charge in [0.1, 0.15) is 0 Å². The van der Waals surface area contributed by atoms with Crippen molar-refractivity contribution in [3.05, 3.63) is 59.9 Å². The summed E-state index contributed by atoms with van der Waals surface area (Å²) in [5, 5.41) is 0. The zero-order valence-corrected chi connectivity index (χ0v) is 12.8. The molecule has 112 valence electrons. The van der Waals surface area contributed by atoms with Gasteiger partial charge in [0.25, 0.3) is 0 Å². The Labute approximate surface area is 131 Å². The summed E-state index contributed by atoms with van der Waals surface area (Å²) in [5.74, 6) is 1.29. The molecular weight excluding hydrogens is 272 g/mol. The number of benzene rings is 1. The van der Waals surface area contributed by atoms with Crippen LogP contribution in [-0.2, 0) is 11.2 Å². The zero-order chi connectivity index (χ0) is 15.1. The first kappa shape index (κ1) is 13.5. The molecule has 0 spiro atoms. The van der Waals surface area contributed by atoms with Gasteiger partial charge >= 0.3 is 0 Å². The number of carbonyl (C=O) groups is 1. The average molecular weight is 292 g/mol. The number of amides is 1. The van der Waals surface area contributed by atoms with Crippen LogP contribution in [0.4, 0.5) is 5.69 Å². The van der Waals surface area contributed by atoms with Crippen molar-refractivity contribution in [2.75, 3.05) is 11.4 Å². The molecule has 1 amide bonds. The Kier molecular flexibility index (Phi) is 3.21. The van der Waals surface area contributed by atoms with Crippen LogP contribution in [-0.4, -0.2) is 17.4 Å². The summed E-state index contributed by atoms with van der Waals surface area (Å²) in [6, 6.07) is 12.4. The zero-order valence-electron chi connectivity index (χ0n) is 12.8. The number of rotatable bonds is 2. The van der Waals surface area contributed by atoms with Crippen molar-refractivity contribution in [3.8, 4) is 0 Å². The van der Waals surface area contributed by atoms with E-state index >= 15 is 0 Å². The second-order valence-electron chi connectivity index (χ2n) is 6.62. The number of hydrogen-bond acceptors (Lipinski definition) is 2. The molecule has 2 aliphatic rings.